The van der Waals surface area contributed by atoms with Crippen molar-refractivity contribution in [1.29, 1.82) is 0 Å². The first-order chi connectivity index (χ1) is 8.58. The fourth-order valence-corrected chi connectivity index (χ4v) is 2.37. The fraction of sp³-hybridized carbons (Fsp3) is 0.462. The number of carboxylic acids is 1. The van der Waals surface area contributed by atoms with Crippen LogP contribution in [0.1, 0.15) is 6.42 Å². The number of rotatable bonds is 4. The second-order valence-corrected chi connectivity index (χ2v) is 4.65. The van der Waals surface area contributed by atoms with Crippen molar-refractivity contribution in [3.8, 4) is 0 Å². The molecule has 1 unspecified atom stereocenters. The molecule has 5 heteroatoms. The van der Waals surface area contributed by atoms with Crippen LogP contribution in [0.4, 0.5) is 10.1 Å². The number of aliphatic carboxylic acids is 1. The third-order valence-electron chi connectivity index (χ3n) is 3.36. The minimum Gasteiger partial charge on any atom is -0.480 e. The summed E-state index contributed by atoms with van der Waals surface area (Å²) in [6, 6.07) is 6.86. The van der Waals surface area contributed by atoms with Crippen molar-refractivity contribution in [2.24, 2.45) is 0 Å². The van der Waals surface area contributed by atoms with Gasteiger partial charge in [-0.05, 0) is 25.6 Å². The smallest absolute Gasteiger partial charge is 0.317 e. The maximum absolute atomic E-state index is 13.6. The third kappa shape index (κ3) is 2.79. The van der Waals surface area contributed by atoms with E-state index in [2.05, 4.69) is 0 Å². The summed E-state index contributed by atoms with van der Waals surface area (Å²) in [5, 5.41) is 8.76. The largest absolute Gasteiger partial charge is 0.480 e. The number of anilines is 1. The van der Waals surface area contributed by atoms with Gasteiger partial charge in [0.15, 0.2) is 0 Å². The highest BCUT2D eigenvalue weighted by atomic mass is 19.1. The molecule has 1 heterocycles. The zero-order valence-electron chi connectivity index (χ0n) is 10.3. The van der Waals surface area contributed by atoms with Crippen LogP contribution in [0.5, 0.6) is 0 Å². The lowest BCUT2D eigenvalue weighted by Gasteiger charge is -2.24. The summed E-state index contributed by atoms with van der Waals surface area (Å²) < 4.78 is 13.6. The maximum atomic E-state index is 13.6. The lowest BCUT2D eigenvalue weighted by atomic mass is 10.2. The normalized spacial score (nSPS) is 19.5. The molecule has 0 radical (unpaired) electrons. The number of likely N-dealkylation sites (N-methyl/N-ethyl adjacent to an activating group) is 1. The number of carbonyl (C=O) groups is 1. The van der Waals surface area contributed by atoms with E-state index in [0.717, 1.165) is 13.0 Å². The molecule has 18 heavy (non-hydrogen) atoms. The molecule has 0 aromatic heterocycles. The van der Waals surface area contributed by atoms with E-state index in [4.69, 9.17) is 5.11 Å². The minimum atomic E-state index is -0.832. The molecular formula is C13H17FN2O2. The van der Waals surface area contributed by atoms with E-state index in [1.54, 1.807) is 19.2 Å². The quantitative estimate of drug-likeness (QED) is 0.880. The molecule has 0 aliphatic carbocycles. The zero-order valence-corrected chi connectivity index (χ0v) is 10.3. The summed E-state index contributed by atoms with van der Waals surface area (Å²) in [6.45, 7) is 1.45. The van der Waals surface area contributed by atoms with E-state index in [0.29, 0.717) is 12.2 Å². The van der Waals surface area contributed by atoms with Crippen LogP contribution < -0.4 is 4.90 Å². The molecule has 1 aromatic rings. The second kappa shape index (κ2) is 5.35. The molecule has 0 bridgehead atoms. The van der Waals surface area contributed by atoms with Crippen LogP contribution >= 0.6 is 0 Å². The molecule has 4 nitrogen and oxygen atoms in total. The van der Waals surface area contributed by atoms with Gasteiger partial charge in [0.1, 0.15) is 5.82 Å². The van der Waals surface area contributed by atoms with Gasteiger partial charge in [0.2, 0.25) is 0 Å². The molecule has 0 spiro atoms. The Balaban J connectivity index is 2.00. The maximum Gasteiger partial charge on any atom is 0.317 e. The molecule has 2 rings (SSSR count). The van der Waals surface area contributed by atoms with Crippen LogP contribution in [0.25, 0.3) is 0 Å². The van der Waals surface area contributed by atoms with Gasteiger partial charge in [-0.3, -0.25) is 9.69 Å². The van der Waals surface area contributed by atoms with Crippen LogP contribution in [0.15, 0.2) is 24.3 Å². The first kappa shape index (κ1) is 12.8. The molecule has 1 aromatic carbocycles. The van der Waals surface area contributed by atoms with Crippen LogP contribution in [-0.2, 0) is 4.79 Å². The molecule has 1 fully saturated rings. The van der Waals surface area contributed by atoms with Gasteiger partial charge in [-0.1, -0.05) is 12.1 Å². The van der Waals surface area contributed by atoms with E-state index in [1.807, 2.05) is 15.9 Å². The first-order valence-corrected chi connectivity index (χ1v) is 5.99. The molecule has 1 aliphatic heterocycles. The summed E-state index contributed by atoms with van der Waals surface area (Å²) in [6.07, 6.45) is 0.859. The van der Waals surface area contributed by atoms with Gasteiger partial charge in [0, 0.05) is 19.1 Å². The van der Waals surface area contributed by atoms with Crippen molar-refractivity contribution in [2.75, 3.05) is 31.6 Å². The van der Waals surface area contributed by atoms with Crippen LogP contribution in [-0.4, -0.2) is 48.7 Å². The predicted molar refractivity (Wildman–Crippen MR) is 67.3 cm³/mol. The average molecular weight is 252 g/mol. The number of carboxylic acid groups (broad SMARTS) is 1. The minimum absolute atomic E-state index is 0.0236. The molecule has 1 atom stereocenters. The number of halogens is 1. The van der Waals surface area contributed by atoms with Gasteiger partial charge in [-0.15, -0.1) is 0 Å². The monoisotopic (exact) mass is 252 g/mol. The molecule has 98 valence electrons. The molecule has 1 aliphatic rings. The summed E-state index contributed by atoms with van der Waals surface area (Å²) in [5.74, 6) is -1.05. The first-order valence-electron chi connectivity index (χ1n) is 5.99. The molecule has 0 amide bonds. The second-order valence-electron chi connectivity index (χ2n) is 4.65. The zero-order chi connectivity index (χ0) is 13.1. The number of benzene rings is 1. The van der Waals surface area contributed by atoms with Crippen molar-refractivity contribution < 1.29 is 14.3 Å². The SMILES string of the molecule is CN(CC(=O)O)C1CCN(c2ccccc2F)C1. The van der Waals surface area contributed by atoms with Gasteiger partial charge in [-0.2, -0.15) is 0 Å². The summed E-state index contributed by atoms with van der Waals surface area (Å²) in [5.41, 5.74) is 0.601. The molecule has 1 N–H and O–H groups in total. The highest BCUT2D eigenvalue weighted by Gasteiger charge is 2.27. The number of para-hydroxylation sites is 1. The Kier molecular flexibility index (Phi) is 3.81. The van der Waals surface area contributed by atoms with Crippen molar-refractivity contribution >= 4 is 11.7 Å². The molecular weight excluding hydrogens is 235 g/mol. The summed E-state index contributed by atoms with van der Waals surface area (Å²) in [7, 11) is 1.80. The van der Waals surface area contributed by atoms with Gasteiger partial charge in [0.25, 0.3) is 0 Å². The highest BCUT2D eigenvalue weighted by Crippen LogP contribution is 2.24. The third-order valence-corrected chi connectivity index (χ3v) is 3.36. The van der Waals surface area contributed by atoms with Gasteiger partial charge in [0.05, 0.1) is 12.2 Å². The topological polar surface area (TPSA) is 43.8 Å². The Morgan fingerprint density at radius 1 is 1.56 bits per heavy atom. The standard InChI is InChI=1S/C13H17FN2O2/c1-15(9-13(17)18)10-6-7-16(8-10)12-5-3-2-4-11(12)14/h2-5,10H,6-9H2,1H3,(H,17,18). The molecule has 1 saturated heterocycles. The Morgan fingerprint density at radius 2 is 2.28 bits per heavy atom. The Morgan fingerprint density at radius 3 is 2.94 bits per heavy atom. The Labute approximate surface area is 106 Å². The lowest BCUT2D eigenvalue weighted by molar-refractivity contribution is -0.138. The van der Waals surface area contributed by atoms with E-state index >= 15 is 0 Å². The van der Waals surface area contributed by atoms with Gasteiger partial charge < -0.3 is 10.0 Å². The van der Waals surface area contributed by atoms with E-state index < -0.39 is 5.97 Å². The van der Waals surface area contributed by atoms with Crippen molar-refractivity contribution in [2.45, 2.75) is 12.5 Å². The van der Waals surface area contributed by atoms with Crippen LogP contribution in [0, 0.1) is 5.82 Å². The molecule has 0 saturated carbocycles. The number of hydrogen-bond donors (Lipinski definition) is 1. The lowest BCUT2D eigenvalue weighted by Crippen LogP contribution is -2.38. The van der Waals surface area contributed by atoms with Crippen molar-refractivity contribution in [3.63, 3.8) is 0 Å². The van der Waals surface area contributed by atoms with E-state index in [-0.39, 0.29) is 18.4 Å². The summed E-state index contributed by atoms with van der Waals surface area (Å²) >= 11 is 0. The Bertz CT molecular complexity index is 439. The van der Waals surface area contributed by atoms with Crippen LogP contribution in [0.3, 0.4) is 0 Å². The predicted octanol–water partition coefficient (Wildman–Crippen LogP) is 1.42. The number of nitrogens with zero attached hydrogens (tertiary/aromatic N) is 2. The van der Waals surface area contributed by atoms with E-state index in [1.165, 1.54) is 6.07 Å². The number of hydrogen-bond acceptors (Lipinski definition) is 3. The fourth-order valence-electron chi connectivity index (χ4n) is 2.37. The van der Waals surface area contributed by atoms with Crippen molar-refractivity contribution in [1.82, 2.24) is 4.90 Å². The average Bonchev–Trinajstić information content (AvgIpc) is 2.78. The van der Waals surface area contributed by atoms with Gasteiger partial charge >= 0.3 is 5.97 Å². The van der Waals surface area contributed by atoms with Crippen molar-refractivity contribution in [3.05, 3.63) is 30.1 Å². The summed E-state index contributed by atoms with van der Waals surface area (Å²) in [4.78, 5) is 14.4. The van der Waals surface area contributed by atoms with E-state index in [9.17, 15) is 9.18 Å². The van der Waals surface area contributed by atoms with Gasteiger partial charge in [-0.25, -0.2) is 4.39 Å². The highest BCUT2D eigenvalue weighted by molar-refractivity contribution is 5.69. The Hall–Kier alpha value is -1.62. The van der Waals surface area contributed by atoms with Crippen LogP contribution in [0.2, 0.25) is 0 Å².